The van der Waals surface area contributed by atoms with E-state index in [2.05, 4.69) is 26.3 Å². The van der Waals surface area contributed by atoms with Gasteiger partial charge in [-0.25, -0.2) is 0 Å². The minimum absolute atomic E-state index is 0.132. The number of methoxy groups -OCH3 is 1. The van der Waals surface area contributed by atoms with Gasteiger partial charge < -0.3 is 9.47 Å². The van der Waals surface area contributed by atoms with Gasteiger partial charge in [-0.1, -0.05) is 0 Å². The molecule has 0 fully saturated rings. The van der Waals surface area contributed by atoms with Crippen molar-refractivity contribution in [3.8, 4) is 0 Å². The van der Waals surface area contributed by atoms with Gasteiger partial charge in [-0.2, -0.15) is 0 Å². The standard InChI is InChI=1S/C6H12O3.2C2H4/c1-5(4-8-3)9-6(2)7;2*1-2/h5H,4H2,1-3H3;2*1-2H2. The lowest BCUT2D eigenvalue weighted by atomic mass is 10.4. The van der Waals surface area contributed by atoms with Gasteiger partial charge >= 0.3 is 5.97 Å². The summed E-state index contributed by atoms with van der Waals surface area (Å²) in [5.41, 5.74) is 0. The molecule has 0 bridgehead atoms. The monoisotopic (exact) mass is 188 g/mol. The summed E-state index contributed by atoms with van der Waals surface area (Å²) in [7, 11) is 1.57. The van der Waals surface area contributed by atoms with E-state index >= 15 is 0 Å². The maximum Gasteiger partial charge on any atom is 0.302 e. The van der Waals surface area contributed by atoms with Crippen LogP contribution in [-0.4, -0.2) is 25.8 Å². The SMILES string of the molecule is C=C.C=C.COCC(C)OC(C)=O. The molecule has 0 aromatic rings. The number of rotatable bonds is 3. The first kappa shape index (κ1) is 17.9. The smallest absolute Gasteiger partial charge is 0.302 e. The van der Waals surface area contributed by atoms with E-state index in [1.54, 1.807) is 14.0 Å². The Morgan fingerprint density at radius 1 is 1.31 bits per heavy atom. The molecule has 0 aliphatic rings. The van der Waals surface area contributed by atoms with Gasteiger partial charge in [-0.15, -0.1) is 26.3 Å². The number of hydrogen-bond donors (Lipinski definition) is 0. The van der Waals surface area contributed by atoms with Gasteiger partial charge in [-0.3, -0.25) is 4.79 Å². The molecule has 13 heavy (non-hydrogen) atoms. The van der Waals surface area contributed by atoms with Crippen LogP contribution in [0.2, 0.25) is 0 Å². The van der Waals surface area contributed by atoms with E-state index in [1.165, 1.54) is 6.92 Å². The zero-order valence-electron chi connectivity index (χ0n) is 8.84. The Balaban J connectivity index is -0.000000218. The van der Waals surface area contributed by atoms with Gasteiger partial charge in [0.15, 0.2) is 0 Å². The van der Waals surface area contributed by atoms with Crippen LogP contribution in [0.5, 0.6) is 0 Å². The summed E-state index contributed by atoms with van der Waals surface area (Å²) >= 11 is 0. The topological polar surface area (TPSA) is 35.5 Å². The maximum atomic E-state index is 10.3. The van der Waals surface area contributed by atoms with Crippen LogP contribution >= 0.6 is 0 Å². The highest BCUT2D eigenvalue weighted by Gasteiger charge is 2.02. The lowest BCUT2D eigenvalue weighted by Crippen LogP contribution is -2.17. The highest BCUT2D eigenvalue weighted by Crippen LogP contribution is 1.90. The van der Waals surface area contributed by atoms with Crippen molar-refractivity contribution in [1.82, 2.24) is 0 Å². The molecule has 0 aromatic heterocycles. The van der Waals surface area contributed by atoms with Crippen LogP contribution in [0.4, 0.5) is 0 Å². The van der Waals surface area contributed by atoms with Crippen molar-refractivity contribution in [2.75, 3.05) is 13.7 Å². The number of ether oxygens (including phenoxy) is 2. The first-order valence-electron chi connectivity index (χ1n) is 3.83. The van der Waals surface area contributed by atoms with Crippen LogP contribution in [0, 0.1) is 0 Å². The van der Waals surface area contributed by atoms with E-state index in [1.807, 2.05) is 0 Å². The molecular formula is C10H20O3. The maximum absolute atomic E-state index is 10.3. The summed E-state index contributed by atoms with van der Waals surface area (Å²) in [6.07, 6.45) is -0.132. The second kappa shape index (κ2) is 17.1. The fourth-order valence-electron chi connectivity index (χ4n) is 0.552. The summed E-state index contributed by atoms with van der Waals surface area (Å²) in [6.45, 7) is 15.6. The van der Waals surface area contributed by atoms with Gasteiger partial charge in [0.05, 0.1) is 6.61 Å². The average Bonchev–Trinajstić information content (AvgIpc) is 2.10. The Labute approximate surface area is 81.0 Å². The Hall–Kier alpha value is -1.09. The highest BCUT2D eigenvalue weighted by atomic mass is 16.6. The molecule has 0 aromatic carbocycles. The van der Waals surface area contributed by atoms with Crippen molar-refractivity contribution in [2.45, 2.75) is 20.0 Å². The lowest BCUT2D eigenvalue weighted by Gasteiger charge is -2.08. The van der Waals surface area contributed by atoms with Gasteiger partial charge in [0.2, 0.25) is 0 Å². The van der Waals surface area contributed by atoms with Crippen molar-refractivity contribution < 1.29 is 14.3 Å². The Kier molecular flexibility index (Phi) is 23.5. The molecule has 1 atom stereocenters. The average molecular weight is 188 g/mol. The summed E-state index contributed by atoms with van der Waals surface area (Å²) in [4.78, 5) is 10.3. The van der Waals surface area contributed by atoms with Crippen LogP contribution in [-0.2, 0) is 14.3 Å². The zero-order chi connectivity index (χ0) is 11.3. The Morgan fingerprint density at radius 3 is 1.92 bits per heavy atom. The van der Waals surface area contributed by atoms with E-state index < -0.39 is 0 Å². The molecule has 0 heterocycles. The Morgan fingerprint density at radius 2 is 1.69 bits per heavy atom. The highest BCUT2D eigenvalue weighted by molar-refractivity contribution is 5.66. The minimum Gasteiger partial charge on any atom is -0.460 e. The molecule has 78 valence electrons. The predicted octanol–water partition coefficient (Wildman–Crippen LogP) is 2.19. The van der Waals surface area contributed by atoms with Crippen LogP contribution in [0.3, 0.4) is 0 Å². The summed E-state index contributed by atoms with van der Waals surface area (Å²) in [5.74, 6) is -0.264. The lowest BCUT2D eigenvalue weighted by molar-refractivity contribution is -0.147. The predicted molar refractivity (Wildman–Crippen MR) is 55.6 cm³/mol. The number of carbonyl (C=O) groups is 1. The quantitative estimate of drug-likeness (QED) is 0.503. The van der Waals surface area contributed by atoms with E-state index in [0.29, 0.717) is 6.61 Å². The molecule has 0 aliphatic carbocycles. The van der Waals surface area contributed by atoms with Crippen molar-refractivity contribution in [3.05, 3.63) is 26.3 Å². The molecule has 0 N–H and O–H groups in total. The van der Waals surface area contributed by atoms with Gasteiger partial charge in [-0.05, 0) is 6.92 Å². The molecule has 0 spiro atoms. The third kappa shape index (κ3) is 24.8. The van der Waals surface area contributed by atoms with E-state index in [-0.39, 0.29) is 12.1 Å². The third-order valence-corrected chi connectivity index (χ3v) is 0.769. The molecular weight excluding hydrogens is 168 g/mol. The number of esters is 1. The second-order valence-corrected chi connectivity index (χ2v) is 1.88. The summed E-state index contributed by atoms with van der Waals surface area (Å²) in [6, 6.07) is 0. The third-order valence-electron chi connectivity index (χ3n) is 0.769. The fourth-order valence-corrected chi connectivity index (χ4v) is 0.552. The van der Waals surface area contributed by atoms with Crippen LogP contribution in [0.25, 0.3) is 0 Å². The largest absolute Gasteiger partial charge is 0.460 e. The molecule has 0 amide bonds. The molecule has 0 saturated carbocycles. The van der Waals surface area contributed by atoms with E-state index in [9.17, 15) is 4.79 Å². The van der Waals surface area contributed by atoms with Crippen molar-refractivity contribution in [1.29, 1.82) is 0 Å². The Bertz CT molecular complexity index is 111. The molecule has 1 unspecified atom stereocenters. The number of hydrogen-bond acceptors (Lipinski definition) is 3. The van der Waals surface area contributed by atoms with Crippen molar-refractivity contribution >= 4 is 5.97 Å². The molecule has 0 saturated heterocycles. The van der Waals surface area contributed by atoms with Crippen molar-refractivity contribution in [3.63, 3.8) is 0 Å². The van der Waals surface area contributed by atoms with Gasteiger partial charge in [0.1, 0.15) is 6.10 Å². The molecule has 0 rings (SSSR count). The van der Waals surface area contributed by atoms with Crippen LogP contribution < -0.4 is 0 Å². The fraction of sp³-hybridized carbons (Fsp3) is 0.500. The van der Waals surface area contributed by atoms with Gasteiger partial charge in [0.25, 0.3) is 0 Å². The first-order chi connectivity index (χ1) is 6.16. The van der Waals surface area contributed by atoms with Crippen LogP contribution in [0.1, 0.15) is 13.8 Å². The zero-order valence-corrected chi connectivity index (χ0v) is 8.84. The summed E-state index contributed by atoms with van der Waals surface area (Å²) < 4.78 is 9.45. The molecule has 0 aliphatic heterocycles. The first-order valence-corrected chi connectivity index (χ1v) is 3.83. The van der Waals surface area contributed by atoms with E-state index in [4.69, 9.17) is 9.47 Å². The molecule has 3 nitrogen and oxygen atoms in total. The van der Waals surface area contributed by atoms with E-state index in [0.717, 1.165) is 0 Å². The normalized spacial score (nSPS) is 9.46. The van der Waals surface area contributed by atoms with Crippen molar-refractivity contribution in [2.24, 2.45) is 0 Å². The molecule has 0 radical (unpaired) electrons. The van der Waals surface area contributed by atoms with Gasteiger partial charge in [0, 0.05) is 14.0 Å². The van der Waals surface area contributed by atoms with Crippen LogP contribution in [0.15, 0.2) is 26.3 Å². The summed E-state index contributed by atoms with van der Waals surface area (Å²) in [5, 5.41) is 0. The number of carbonyl (C=O) groups excluding carboxylic acids is 1. The minimum atomic E-state index is -0.264. The molecule has 3 heteroatoms. The second-order valence-electron chi connectivity index (χ2n) is 1.88.